The summed E-state index contributed by atoms with van der Waals surface area (Å²) < 4.78 is 93.4. The predicted octanol–water partition coefficient (Wildman–Crippen LogP) is 5.94. The smallest absolute Gasteiger partial charge is 0.418 e. The number of hydrogen-bond acceptors (Lipinski definition) is 14. The second-order valence-corrected chi connectivity index (χ2v) is 20.9. The number of fused-ring (bicyclic) bond motifs is 1. The minimum Gasteiger partial charge on any atom is -0.490 e. The number of anilines is 1. The van der Waals surface area contributed by atoms with Crippen molar-refractivity contribution >= 4 is 58.4 Å². The van der Waals surface area contributed by atoms with Gasteiger partial charge in [0.1, 0.15) is 83.1 Å². The second-order valence-electron chi connectivity index (χ2n) is 20.1. The van der Waals surface area contributed by atoms with Crippen LogP contribution in [-0.2, 0) is 36.6 Å². The van der Waals surface area contributed by atoms with E-state index in [0.717, 1.165) is 39.7 Å². The Morgan fingerprint density at radius 1 is 0.987 bits per heavy atom. The van der Waals surface area contributed by atoms with Crippen LogP contribution in [0.2, 0.25) is 10.0 Å². The molecule has 1 saturated carbocycles. The Labute approximate surface area is 454 Å². The van der Waals surface area contributed by atoms with Crippen LogP contribution in [0.25, 0.3) is 16.9 Å². The molecule has 5 amide bonds. The van der Waals surface area contributed by atoms with E-state index < -0.39 is 102 Å². The Balaban J connectivity index is 0.750. The molecular weight excluding hydrogens is 1090 g/mol. The minimum atomic E-state index is -4.91. The van der Waals surface area contributed by atoms with E-state index in [1.54, 1.807) is 47.4 Å². The van der Waals surface area contributed by atoms with Crippen LogP contribution in [-0.4, -0.2) is 136 Å². The number of carbonyl (C=O) groups excluding carboxylic acids is 5. The summed E-state index contributed by atoms with van der Waals surface area (Å²) >= 11 is 11.9. The fourth-order valence-corrected chi connectivity index (χ4v) is 11.2. The van der Waals surface area contributed by atoms with Crippen LogP contribution in [0, 0.1) is 24.0 Å². The fraction of sp³-hybridized carbons (Fsp3) is 0.365. The van der Waals surface area contributed by atoms with Gasteiger partial charge in [-0.3, -0.25) is 29.3 Å². The number of aryl methyl sites for hydroxylation is 1. The van der Waals surface area contributed by atoms with Crippen molar-refractivity contribution in [3.63, 3.8) is 0 Å². The monoisotopic (exact) mass is 1130 g/mol. The van der Waals surface area contributed by atoms with Crippen LogP contribution < -0.4 is 15.4 Å². The van der Waals surface area contributed by atoms with E-state index in [9.17, 15) is 56.1 Å². The highest BCUT2D eigenvalue weighted by Crippen LogP contribution is 2.50. The molecule has 1 spiro atoms. The van der Waals surface area contributed by atoms with Gasteiger partial charge in [-0.2, -0.15) is 18.3 Å². The molecule has 4 aliphatic heterocycles. The lowest BCUT2D eigenvalue weighted by molar-refractivity contribution is -0.226. The third-order valence-electron chi connectivity index (χ3n) is 14.8. The average Bonchev–Trinajstić information content (AvgIpc) is 4.30. The predicted molar refractivity (Wildman–Crippen MR) is 266 cm³/mol. The summed E-state index contributed by atoms with van der Waals surface area (Å²) in [5.41, 5.74) is -0.341. The van der Waals surface area contributed by atoms with Gasteiger partial charge in [0.15, 0.2) is 5.82 Å². The van der Waals surface area contributed by atoms with Crippen molar-refractivity contribution in [1.82, 2.24) is 44.9 Å². The quantitative estimate of drug-likeness (QED) is 0.0594. The molecule has 79 heavy (non-hydrogen) atoms. The molecule has 0 bridgehead atoms. The summed E-state index contributed by atoms with van der Waals surface area (Å²) in [6.07, 6.45) is -8.70. The van der Waals surface area contributed by atoms with Crippen molar-refractivity contribution < 1.29 is 70.3 Å². The summed E-state index contributed by atoms with van der Waals surface area (Å²) in [7, 11) is 0. The van der Waals surface area contributed by atoms with Crippen LogP contribution in [0.4, 0.5) is 27.6 Å². The Morgan fingerprint density at radius 3 is 2.42 bits per heavy atom. The first kappa shape index (κ1) is 53.6. The zero-order valence-corrected chi connectivity index (χ0v) is 42.8. The van der Waals surface area contributed by atoms with Gasteiger partial charge >= 0.3 is 6.18 Å². The van der Waals surface area contributed by atoms with E-state index in [1.165, 1.54) is 18.0 Å². The Bertz CT molecular complexity index is 3420. The lowest BCUT2D eigenvalue weighted by atomic mass is 9.61. The molecule has 11 rings (SSSR count). The molecule has 2 aromatic heterocycles. The molecule has 5 aliphatic rings. The van der Waals surface area contributed by atoms with Gasteiger partial charge in [-0.1, -0.05) is 28.4 Å². The molecular formula is C52H45Cl2F5N10O10. The molecule has 412 valence electrons. The normalized spacial score (nSPS) is 22.8. The summed E-state index contributed by atoms with van der Waals surface area (Å²) in [6.45, 7) is 0.713. The summed E-state index contributed by atoms with van der Waals surface area (Å²) in [5.74, 6) is -4.15. The highest BCUT2D eigenvalue weighted by Gasteiger charge is 2.56. The Morgan fingerprint density at radius 2 is 1.72 bits per heavy atom. The van der Waals surface area contributed by atoms with Gasteiger partial charge in [-0.15, -0.1) is 5.10 Å². The molecule has 6 atom stereocenters. The SMILES string of the molecule is Cc1nc([C@@H]2O[C@H](CO)[C@H](O)[C@H](n3cc(-c4cc(F)c(Cl)c(F)c4)nn3)[C@H]2OCC(=O)N2CC3(CC(Oc4ccc(C(=O)Nc5ccc6c(c5)CN(C5CCC(=O)NC5=O)C6=O)cc4)C3)C2)n(-c2cc(Cl)ccc2C(F)(F)F)n1. The molecule has 0 radical (unpaired) electrons. The van der Waals surface area contributed by atoms with Crippen molar-refractivity contribution in [2.75, 3.05) is 31.6 Å². The van der Waals surface area contributed by atoms with E-state index in [1.807, 2.05) is 0 Å². The molecule has 1 unspecified atom stereocenters. The average molecular weight is 1140 g/mol. The summed E-state index contributed by atoms with van der Waals surface area (Å²) in [6, 6.07) is 13.8. The molecule has 4 N–H and O–H groups in total. The number of likely N-dealkylation sites (tertiary alicyclic amines) is 1. The van der Waals surface area contributed by atoms with Crippen molar-refractivity contribution in [2.45, 2.75) is 87.9 Å². The number of aromatic nitrogens is 6. The van der Waals surface area contributed by atoms with Crippen LogP contribution in [0.5, 0.6) is 5.75 Å². The molecule has 20 nitrogen and oxygen atoms in total. The number of benzene rings is 4. The number of nitrogens with one attached hydrogen (secondary N) is 2. The number of nitrogens with zero attached hydrogens (tertiary/aromatic N) is 8. The third kappa shape index (κ3) is 10.3. The van der Waals surface area contributed by atoms with Crippen molar-refractivity contribution in [3.05, 3.63) is 135 Å². The third-order valence-corrected chi connectivity index (χ3v) is 15.4. The van der Waals surface area contributed by atoms with Crippen LogP contribution in [0.15, 0.2) is 79.0 Å². The van der Waals surface area contributed by atoms with Gasteiger partial charge in [0.25, 0.3) is 11.8 Å². The number of imide groups is 1. The lowest BCUT2D eigenvalue weighted by Crippen LogP contribution is -2.66. The molecule has 4 fully saturated rings. The topological polar surface area (TPSA) is 245 Å². The van der Waals surface area contributed by atoms with Gasteiger partial charge < -0.3 is 39.5 Å². The van der Waals surface area contributed by atoms with Gasteiger partial charge in [-0.05, 0) is 105 Å². The van der Waals surface area contributed by atoms with Crippen LogP contribution in [0.1, 0.15) is 81.3 Å². The number of alkyl halides is 3. The van der Waals surface area contributed by atoms with Crippen molar-refractivity contribution in [2.24, 2.45) is 5.41 Å². The zero-order valence-electron chi connectivity index (χ0n) is 41.3. The number of hydrogen-bond donors (Lipinski definition) is 4. The number of carbonyl (C=O) groups is 5. The number of ether oxygens (including phenoxy) is 3. The van der Waals surface area contributed by atoms with Gasteiger partial charge in [0, 0.05) is 58.9 Å². The maximum Gasteiger partial charge on any atom is 0.418 e. The Hall–Kier alpha value is -7.42. The van der Waals surface area contributed by atoms with E-state index in [2.05, 4.69) is 31.0 Å². The van der Waals surface area contributed by atoms with Gasteiger partial charge in [0.2, 0.25) is 17.7 Å². The minimum absolute atomic E-state index is 0.0230. The standard InChI is InChI=1S/C52H45Cl2F5N10O10/c1-24-60-47(69(64-24)38-15-28(53)4-9-33(38)52(57,58)59)46-45(43(44(73)39(20-70)79-46)68-19-36(63-65-68)26-13-34(55)42(54)35(56)14-26)77-21-41(72)66-22-51(23-66)16-31(17-51)78-30-6-2-25(3-7-30)48(74)61-29-5-8-32-27(12-29)18-67(50(32)76)37-10-11-40(71)62-49(37)75/h2-9,12-15,19,31,37,39,43-46,70,73H,10-11,16-18,20-23H2,1H3,(H,61,74)(H,62,71,75)/t37?,39-,43+,44+,45-,46-/m1/s1. The second kappa shape index (κ2) is 20.7. The van der Waals surface area contributed by atoms with E-state index in [0.29, 0.717) is 54.1 Å². The van der Waals surface area contributed by atoms with Gasteiger partial charge in [0.05, 0.1) is 24.1 Å². The van der Waals surface area contributed by atoms with E-state index >= 15 is 0 Å². The van der Waals surface area contributed by atoms with Gasteiger partial charge in [-0.25, -0.2) is 23.1 Å². The largest absolute Gasteiger partial charge is 0.490 e. The number of aliphatic hydroxyl groups excluding tert-OH is 2. The lowest BCUT2D eigenvalue weighted by Gasteiger charge is -2.58. The van der Waals surface area contributed by atoms with E-state index in [4.69, 9.17) is 37.4 Å². The molecule has 6 heterocycles. The molecule has 27 heteroatoms. The highest BCUT2D eigenvalue weighted by molar-refractivity contribution is 6.31. The first-order chi connectivity index (χ1) is 37.6. The maximum atomic E-state index is 14.6. The first-order valence-corrected chi connectivity index (χ1v) is 25.5. The van der Waals surface area contributed by atoms with Crippen LogP contribution >= 0.6 is 23.2 Å². The maximum absolute atomic E-state index is 14.6. The molecule has 4 aromatic carbocycles. The van der Waals surface area contributed by atoms with Crippen molar-refractivity contribution in [1.29, 1.82) is 0 Å². The highest BCUT2D eigenvalue weighted by atomic mass is 35.5. The van der Waals surface area contributed by atoms with Crippen LogP contribution in [0.3, 0.4) is 0 Å². The van der Waals surface area contributed by atoms with Crippen molar-refractivity contribution in [3.8, 4) is 22.7 Å². The zero-order chi connectivity index (χ0) is 55.8. The molecule has 3 saturated heterocycles. The summed E-state index contributed by atoms with van der Waals surface area (Å²) in [4.78, 5) is 71.8. The fourth-order valence-electron chi connectivity index (χ4n) is 10.9. The number of aliphatic hydroxyl groups is 2. The van der Waals surface area contributed by atoms with E-state index in [-0.39, 0.29) is 70.6 Å². The number of halogens is 7. The molecule has 1 aliphatic carbocycles. The Kier molecular flexibility index (Phi) is 14.0. The number of rotatable bonds is 13. The summed E-state index contributed by atoms with van der Waals surface area (Å²) in [5, 5.41) is 39.0. The molecule has 6 aromatic rings. The number of piperidine rings is 1. The first-order valence-electron chi connectivity index (χ1n) is 24.7. The number of amides is 5.